The largest absolute Gasteiger partial charge is 0.252 e. The third-order valence-corrected chi connectivity index (χ3v) is 2.47. The number of aromatic nitrogens is 2. The van der Waals surface area contributed by atoms with Gasteiger partial charge in [0, 0.05) is 0 Å². The summed E-state index contributed by atoms with van der Waals surface area (Å²) in [5.41, 5.74) is 3.78. The van der Waals surface area contributed by atoms with Crippen molar-refractivity contribution in [3.05, 3.63) is 42.7 Å². The minimum Gasteiger partial charge on any atom is -0.252 e. The normalized spacial score (nSPS) is 10.9. The van der Waals surface area contributed by atoms with Crippen LogP contribution in [0.1, 0.15) is 19.5 Å². The van der Waals surface area contributed by atoms with E-state index in [1.807, 2.05) is 24.3 Å². The van der Waals surface area contributed by atoms with Crippen LogP contribution < -0.4 is 0 Å². The molecule has 0 saturated carbocycles. The van der Waals surface area contributed by atoms with Gasteiger partial charge in [-0.05, 0) is 23.6 Å². The maximum Gasteiger partial charge on any atom is 0.0894 e. The van der Waals surface area contributed by atoms with Crippen LogP contribution >= 0.6 is 0 Å². The predicted octanol–water partition coefficient (Wildman–Crippen LogP) is 3.30. The number of nitrogens with zero attached hydrogens (tertiary/aromatic N) is 2. The van der Waals surface area contributed by atoms with Gasteiger partial charge in [0.1, 0.15) is 0 Å². The van der Waals surface area contributed by atoms with Crippen molar-refractivity contribution in [1.82, 2.24) is 9.97 Å². The standard InChI is InChI=1S/C13H14N2/c1-9(2)10(3)13-8-14-11-6-4-5-7-12(11)15-13/h4-9H,3H2,1-2H3. The first kappa shape index (κ1) is 9.84. The molecule has 1 aromatic carbocycles. The Hall–Kier alpha value is -1.70. The van der Waals surface area contributed by atoms with Crippen molar-refractivity contribution in [2.24, 2.45) is 5.92 Å². The van der Waals surface area contributed by atoms with Crippen LogP contribution in [0.3, 0.4) is 0 Å². The van der Waals surface area contributed by atoms with E-state index in [4.69, 9.17) is 0 Å². The van der Waals surface area contributed by atoms with E-state index in [0.717, 1.165) is 22.3 Å². The minimum atomic E-state index is 0.403. The summed E-state index contributed by atoms with van der Waals surface area (Å²) in [5, 5.41) is 0. The highest BCUT2D eigenvalue weighted by atomic mass is 14.8. The number of rotatable bonds is 2. The summed E-state index contributed by atoms with van der Waals surface area (Å²) in [4.78, 5) is 8.90. The molecule has 0 fully saturated rings. The van der Waals surface area contributed by atoms with Crippen molar-refractivity contribution in [3.63, 3.8) is 0 Å². The van der Waals surface area contributed by atoms with Crippen molar-refractivity contribution in [2.75, 3.05) is 0 Å². The Bertz CT molecular complexity index is 501. The predicted molar refractivity (Wildman–Crippen MR) is 63.4 cm³/mol. The smallest absolute Gasteiger partial charge is 0.0894 e. The Morgan fingerprint density at radius 3 is 2.53 bits per heavy atom. The van der Waals surface area contributed by atoms with Crippen LogP contribution in [0.25, 0.3) is 16.6 Å². The minimum absolute atomic E-state index is 0.403. The van der Waals surface area contributed by atoms with Gasteiger partial charge in [0.05, 0.1) is 22.9 Å². The summed E-state index contributed by atoms with van der Waals surface area (Å²) in [7, 11) is 0. The summed E-state index contributed by atoms with van der Waals surface area (Å²) < 4.78 is 0. The average molecular weight is 198 g/mol. The van der Waals surface area contributed by atoms with E-state index in [0.29, 0.717) is 5.92 Å². The first-order valence-corrected chi connectivity index (χ1v) is 5.09. The maximum atomic E-state index is 4.53. The highest BCUT2D eigenvalue weighted by molar-refractivity contribution is 5.76. The van der Waals surface area contributed by atoms with Gasteiger partial charge in [-0.1, -0.05) is 32.6 Å². The van der Waals surface area contributed by atoms with Gasteiger partial charge in [-0.2, -0.15) is 0 Å². The molecule has 0 aliphatic carbocycles. The Balaban J connectivity index is 2.52. The van der Waals surface area contributed by atoms with Crippen molar-refractivity contribution >= 4 is 16.6 Å². The highest BCUT2D eigenvalue weighted by Crippen LogP contribution is 2.20. The number of hydrogen-bond donors (Lipinski definition) is 0. The second-order valence-corrected chi connectivity index (χ2v) is 3.92. The molecule has 0 spiro atoms. The average Bonchev–Trinajstić information content (AvgIpc) is 2.27. The van der Waals surface area contributed by atoms with Crippen LogP contribution in [0.15, 0.2) is 37.0 Å². The summed E-state index contributed by atoms with van der Waals surface area (Å²) in [6, 6.07) is 7.87. The Morgan fingerprint density at radius 1 is 1.20 bits per heavy atom. The third-order valence-electron chi connectivity index (χ3n) is 2.47. The molecular weight excluding hydrogens is 184 g/mol. The number of hydrogen-bond acceptors (Lipinski definition) is 2. The van der Waals surface area contributed by atoms with E-state index in [1.54, 1.807) is 6.20 Å². The van der Waals surface area contributed by atoms with E-state index in [-0.39, 0.29) is 0 Å². The molecule has 0 bridgehead atoms. The van der Waals surface area contributed by atoms with Crippen LogP contribution in [0.2, 0.25) is 0 Å². The molecule has 76 valence electrons. The van der Waals surface area contributed by atoms with Crippen LogP contribution in [0.5, 0.6) is 0 Å². The summed E-state index contributed by atoms with van der Waals surface area (Å²) in [6.45, 7) is 8.25. The third kappa shape index (κ3) is 1.89. The Labute approximate surface area is 89.7 Å². The van der Waals surface area contributed by atoms with Gasteiger partial charge in [-0.25, -0.2) is 4.98 Å². The zero-order valence-corrected chi connectivity index (χ0v) is 9.07. The van der Waals surface area contributed by atoms with Crippen LogP contribution in [0.4, 0.5) is 0 Å². The molecule has 0 amide bonds. The molecule has 1 heterocycles. The fourth-order valence-corrected chi connectivity index (χ4v) is 1.41. The summed E-state index contributed by atoms with van der Waals surface area (Å²) in [6.07, 6.45) is 1.80. The molecule has 0 aliphatic rings. The molecule has 0 unspecified atom stereocenters. The monoisotopic (exact) mass is 198 g/mol. The number of allylic oxidation sites excluding steroid dienone is 1. The maximum absolute atomic E-state index is 4.53. The molecule has 2 nitrogen and oxygen atoms in total. The SMILES string of the molecule is C=C(c1cnc2ccccc2n1)C(C)C. The number of para-hydroxylation sites is 2. The highest BCUT2D eigenvalue weighted by Gasteiger charge is 2.06. The van der Waals surface area contributed by atoms with Gasteiger partial charge >= 0.3 is 0 Å². The summed E-state index contributed by atoms with van der Waals surface area (Å²) >= 11 is 0. The second-order valence-electron chi connectivity index (χ2n) is 3.92. The first-order valence-electron chi connectivity index (χ1n) is 5.09. The van der Waals surface area contributed by atoms with E-state index < -0.39 is 0 Å². The molecular formula is C13H14N2. The van der Waals surface area contributed by atoms with Gasteiger partial charge in [0.15, 0.2) is 0 Å². The van der Waals surface area contributed by atoms with Crippen LogP contribution in [-0.4, -0.2) is 9.97 Å². The lowest BCUT2D eigenvalue weighted by Crippen LogP contribution is -1.96. The topological polar surface area (TPSA) is 25.8 Å². The van der Waals surface area contributed by atoms with Crippen molar-refractivity contribution < 1.29 is 0 Å². The molecule has 2 aromatic rings. The van der Waals surface area contributed by atoms with Crippen molar-refractivity contribution in [2.45, 2.75) is 13.8 Å². The molecule has 0 N–H and O–H groups in total. The lowest BCUT2D eigenvalue weighted by molar-refractivity contribution is 0.851. The molecule has 2 rings (SSSR count). The van der Waals surface area contributed by atoms with Gasteiger partial charge in [0.2, 0.25) is 0 Å². The number of fused-ring (bicyclic) bond motifs is 1. The zero-order chi connectivity index (χ0) is 10.8. The Kier molecular flexibility index (Phi) is 2.50. The lowest BCUT2D eigenvalue weighted by Gasteiger charge is -2.08. The fourth-order valence-electron chi connectivity index (χ4n) is 1.41. The lowest BCUT2D eigenvalue weighted by atomic mass is 10.0. The molecule has 2 heteroatoms. The van der Waals surface area contributed by atoms with Crippen LogP contribution in [-0.2, 0) is 0 Å². The van der Waals surface area contributed by atoms with Crippen molar-refractivity contribution in [3.8, 4) is 0 Å². The second kappa shape index (κ2) is 3.81. The molecule has 15 heavy (non-hydrogen) atoms. The van der Waals surface area contributed by atoms with Gasteiger partial charge in [-0.3, -0.25) is 4.98 Å². The summed E-state index contributed by atoms with van der Waals surface area (Å²) in [5.74, 6) is 0.403. The van der Waals surface area contributed by atoms with E-state index in [2.05, 4.69) is 30.4 Å². The zero-order valence-electron chi connectivity index (χ0n) is 9.07. The molecule has 0 atom stereocenters. The van der Waals surface area contributed by atoms with E-state index in [1.165, 1.54) is 0 Å². The van der Waals surface area contributed by atoms with Gasteiger partial charge in [0.25, 0.3) is 0 Å². The van der Waals surface area contributed by atoms with E-state index >= 15 is 0 Å². The van der Waals surface area contributed by atoms with Crippen LogP contribution in [0, 0.1) is 5.92 Å². The Morgan fingerprint density at radius 2 is 1.87 bits per heavy atom. The number of benzene rings is 1. The molecule has 0 radical (unpaired) electrons. The fraction of sp³-hybridized carbons (Fsp3) is 0.231. The molecule has 1 aromatic heterocycles. The van der Waals surface area contributed by atoms with E-state index in [9.17, 15) is 0 Å². The first-order chi connectivity index (χ1) is 7.18. The quantitative estimate of drug-likeness (QED) is 0.740. The van der Waals surface area contributed by atoms with Gasteiger partial charge < -0.3 is 0 Å². The molecule has 0 aliphatic heterocycles. The van der Waals surface area contributed by atoms with Gasteiger partial charge in [-0.15, -0.1) is 0 Å². The van der Waals surface area contributed by atoms with Crippen molar-refractivity contribution in [1.29, 1.82) is 0 Å². The molecule has 0 saturated heterocycles.